The number of unbranched alkanes of at least 4 members (excludes halogenated alkanes) is 43. The number of aliphatic carboxylic acids is 2. The van der Waals surface area contributed by atoms with Crippen molar-refractivity contribution in [3.05, 3.63) is 12.2 Å². The van der Waals surface area contributed by atoms with Gasteiger partial charge in [-0.15, -0.1) is 0 Å². The predicted molar refractivity (Wildman–Crippen MR) is 276 cm³/mol. The van der Waals surface area contributed by atoms with Crippen LogP contribution in [0.25, 0.3) is 0 Å². The van der Waals surface area contributed by atoms with E-state index in [1.807, 2.05) is 0 Å². The number of carbonyl (C=O) groups is 3. The predicted octanol–water partition coefficient (Wildman–Crippen LogP) is 17.1. The van der Waals surface area contributed by atoms with Gasteiger partial charge >= 0.3 is 19.5 Å². The average Bonchev–Trinajstić information content (AvgIpc) is 3.27. The topological polar surface area (TPSA) is 123 Å². The van der Waals surface area contributed by atoms with Crippen molar-refractivity contribution in [1.29, 1.82) is 0 Å². The number of allylic oxidation sites excluding steroid dienone is 2. The number of rotatable bonds is 51. The summed E-state index contributed by atoms with van der Waals surface area (Å²) < 4.78 is 0. The zero-order valence-electron chi connectivity index (χ0n) is 44.3. The minimum atomic E-state index is -0.903. The molecule has 0 saturated heterocycles. The van der Waals surface area contributed by atoms with Crippen molar-refractivity contribution in [2.24, 2.45) is 5.73 Å². The summed E-state index contributed by atoms with van der Waals surface area (Å²) in [5.41, 5.74) is 5.13. The van der Waals surface area contributed by atoms with E-state index in [0.29, 0.717) is 6.42 Å². The van der Waals surface area contributed by atoms with Crippen LogP contribution in [0.2, 0.25) is 0 Å². The summed E-state index contributed by atoms with van der Waals surface area (Å²) in [4.78, 5) is 31.0. The molecule has 0 bridgehead atoms. The maximum absolute atomic E-state index is 10.6. The molecule has 2 N–H and O–H groups in total. The van der Waals surface area contributed by atoms with E-state index in [-0.39, 0.29) is 38.2 Å². The summed E-state index contributed by atoms with van der Waals surface area (Å²) in [6.45, 7) is 6.81. The molecule has 0 saturated carbocycles. The second-order valence-electron chi connectivity index (χ2n) is 19.4. The van der Waals surface area contributed by atoms with Crippen LogP contribution in [0.1, 0.15) is 342 Å². The van der Waals surface area contributed by atoms with E-state index in [0.717, 1.165) is 38.5 Å². The van der Waals surface area contributed by atoms with Crippen LogP contribution in [0.4, 0.5) is 0 Å². The average molecular weight is 970 g/mol. The Balaban J connectivity index is -0.000000429. The molecule has 6 nitrogen and oxygen atoms in total. The number of carbonyl (C=O) groups excluding carboxylic acids is 3. The zero-order chi connectivity index (χ0) is 47.5. The molecular weight excluding hydrogens is 856 g/mol. The molecular formula is C58H113NO5Zn. The van der Waals surface area contributed by atoms with Crippen molar-refractivity contribution >= 4 is 17.8 Å². The van der Waals surface area contributed by atoms with Crippen molar-refractivity contribution in [1.82, 2.24) is 0 Å². The first-order valence-corrected chi connectivity index (χ1v) is 28.6. The first-order valence-electron chi connectivity index (χ1n) is 28.6. The van der Waals surface area contributed by atoms with E-state index >= 15 is 0 Å². The summed E-state index contributed by atoms with van der Waals surface area (Å²) in [7, 11) is 0. The van der Waals surface area contributed by atoms with Gasteiger partial charge in [-0.25, -0.2) is 0 Å². The number of amides is 1. The third-order valence-electron chi connectivity index (χ3n) is 12.7. The van der Waals surface area contributed by atoms with Gasteiger partial charge < -0.3 is 25.5 Å². The van der Waals surface area contributed by atoms with Crippen LogP contribution < -0.4 is 15.9 Å². The van der Waals surface area contributed by atoms with Crippen molar-refractivity contribution < 1.29 is 44.1 Å². The molecule has 0 unspecified atom stereocenters. The Morgan fingerprint density at radius 3 is 0.646 bits per heavy atom. The molecule has 0 heterocycles. The van der Waals surface area contributed by atoms with Gasteiger partial charge in [0.15, 0.2) is 0 Å². The Hall–Kier alpha value is -1.23. The third kappa shape index (κ3) is 80.2. The van der Waals surface area contributed by atoms with Gasteiger partial charge in [0, 0.05) is 18.4 Å². The number of carboxylic acid groups (broad SMARTS) is 2. The molecule has 0 aromatic rings. The molecule has 0 aliphatic carbocycles. The molecule has 0 aliphatic rings. The van der Waals surface area contributed by atoms with E-state index in [9.17, 15) is 24.6 Å². The van der Waals surface area contributed by atoms with Gasteiger partial charge in [0.2, 0.25) is 5.91 Å². The van der Waals surface area contributed by atoms with Gasteiger partial charge in [0.25, 0.3) is 0 Å². The molecule has 0 aromatic heterocycles. The van der Waals surface area contributed by atoms with E-state index in [1.165, 1.54) is 263 Å². The minimum absolute atomic E-state index is 0. The van der Waals surface area contributed by atoms with Gasteiger partial charge in [-0.05, 0) is 57.8 Å². The Morgan fingerprint density at radius 1 is 0.292 bits per heavy atom. The summed E-state index contributed by atoms with van der Waals surface area (Å²) in [5.74, 6) is -1.96. The number of nitrogens with two attached hydrogens (primary N) is 1. The van der Waals surface area contributed by atoms with Crippen LogP contribution in [-0.2, 0) is 33.9 Å². The molecule has 382 valence electrons. The molecule has 0 aromatic carbocycles. The number of hydrogen-bond acceptors (Lipinski definition) is 5. The molecule has 0 radical (unpaired) electrons. The number of carboxylic acids is 2. The molecule has 0 spiro atoms. The Kier molecular flexibility index (Phi) is 72.5. The van der Waals surface area contributed by atoms with Gasteiger partial charge in [-0.1, -0.05) is 290 Å². The van der Waals surface area contributed by atoms with Crippen LogP contribution in [-0.4, -0.2) is 17.8 Å². The standard InChI is InChI=1S/C22H43NO.2C18H36O2.Zn/c1-2-3-4-5-6-7-8-9-10-11-12-13-14-15-16-17-18-19-20-21-22(23)24;2*1-2-3-4-5-6-7-8-9-10-11-12-13-14-15-16-17-18(19)20;/h9-10H,2-8,11-21H2,1H3,(H2,23,24);2*2-17H2,1H3,(H,19,20);/q;;;+2/p-2/b10-9-;;;. The second-order valence-corrected chi connectivity index (χ2v) is 19.4. The first kappa shape index (κ1) is 70.3. The second kappa shape index (κ2) is 67.0. The van der Waals surface area contributed by atoms with Crippen molar-refractivity contribution in [2.75, 3.05) is 0 Å². The number of hydrogen-bond donors (Lipinski definition) is 1. The van der Waals surface area contributed by atoms with Gasteiger partial charge in [0.1, 0.15) is 0 Å². The van der Waals surface area contributed by atoms with E-state index < -0.39 is 11.9 Å². The third-order valence-corrected chi connectivity index (χ3v) is 12.7. The summed E-state index contributed by atoms with van der Waals surface area (Å²) in [6.07, 6.45) is 67.5. The van der Waals surface area contributed by atoms with Crippen LogP contribution in [0.5, 0.6) is 0 Å². The first-order chi connectivity index (χ1) is 31.3. The molecule has 7 heteroatoms. The summed E-state index contributed by atoms with van der Waals surface area (Å²) >= 11 is 0. The van der Waals surface area contributed by atoms with E-state index in [4.69, 9.17) is 5.73 Å². The molecule has 0 rings (SSSR count). The summed E-state index contributed by atoms with van der Waals surface area (Å²) in [6, 6.07) is 0. The fraction of sp³-hybridized carbons (Fsp3) is 0.914. The fourth-order valence-corrected chi connectivity index (χ4v) is 8.36. The van der Waals surface area contributed by atoms with Crippen LogP contribution >= 0.6 is 0 Å². The van der Waals surface area contributed by atoms with Gasteiger partial charge in [-0.3, -0.25) is 4.79 Å². The molecule has 0 fully saturated rings. The molecule has 65 heavy (non-hydrogen) atoms. The van der Waals surface area contributed by atoms with Crippen molar-refractivity contribution in [2.45, 2.75) is 342 Å². The van der Waals surface area contributed by atoms with Crippen molar-refractivity contribution in [3.8, 4) is 0 Å². The van der Waals surface area contributed by atoms with Crippen LogP contribution in [0.15, 0.2) is 12.2 Å². The normalized spacial score (nSPS) is 10.9. The Labute approximate surface area is 419 Å². The summed E-state index contributed by atoms with van der Waals surface area (Å²) in [5, 5.41) is 20.4. The fourth-order valence-electron chi connectivity index (χ4n) is 8.36. The molecule has 0 atom stereocenters. The van der Waals surface area contributed by atoms with Crippen LogP contribution in [0.3, 0.4) is 0 Å². The molecule has 1 amide bonds. The smallest absolute Gasteiger partial charge is 0.550 e. The SMILES string of the molecule is CCCCCCCC/C=C\CCCCCCCCCCCC(N)=O.CCCCCCCCCCCCCCCCCC(=O)[O-].CCCCCCCCCCCCCCCCCC(=O)[O-].[Zn+2]. The monoisotopic (exact) mass is 968 g/mol. The van der Waals surface area contributed by atoms with Gasteiger partial charge in [0.05, 0.1) is 0 Å². The largest absolute Gasteiger partial charge is 2.00 e. The Bertz CT molecular complexity index is 884. The molecule has 0 aliphatic heterocycles. The zero-order valence-corrected chi connectivity index (χ0v) is 47.3. The van der Waals surface area contributed by atoms with E-state index in [1.54, 1.807) is 0 Å². The van der Waals surface area contributed by atoms with E-state index in [2.05, 4.69) is 32.9 Å². The maximum atomic E-state index is 10.6. The maximum Gasteiger partial charge on any atom is 2.00 e. The van der Waals surface area contributed by atoms with Crippen LogP contribution in [0, 0.1) is 0 Å². The minimum Gasteiger partial charge on any atom is -0.550 e. The number of primary amides is 1. The van der Waals surface area contributed by atoms with Crippen molar-refractivity contribution in [3.63, 3.8) is 0 Å². The Morgan fingerprint density at radius 2 is 0.462 bits per heavy atom. The quantitative estimate of drug-likeness (QED) is 0.0369. The van der Waals surface area contributed by atoms with Gasteiger partial charge in [-0.2, -0.15) is 0 Å².